The van der Waals surface area contributed by atoms with E-state index in [1.165, 1.54) is 24.2 Å². The highest BCUT2D eigenvalue weighted by molar-refractivity contribution is 5.82. The van der Waals surface area contributed by atoms with Gasteiger partial charge in [-0.2, -0.15) is 5.10 Å². The van der Waals surface area contributed by atoms with E-state index < -0.39 is 0 Å². The fraction of sp³-hybridized carbons (Fsp3) is 0.519. The standard InChI is InChI=1S/C27H34N6O/c1-19(2)32-10-8-22(17-32)21-5-6-24(28-16-21)23-15-26-25(7-9-29-33(26)18-23)30-11-13-31(14-12-30)27(34)20-3-4-20/h5-7,9,15-16,18-20,22H,3-4,8,10-14,17H2,1-2H3/t22-/m1/s1. The van der Waals surface area contributed by atoms with Crippen molar-refractivity contribution in [2.45, 2.75) is 45.1 Å². The smallest absolute Gasteiger partial charge is 0.225 e. The molecule has 1 amide bonds. The van der Waals surface area contributed by atoms with E-state index in [0.717, 1.165) is 62.3 Å². The highest BCUT2D eigenvalue weighted by Crippen LogP contribution is 2.33. The van der Waals surface area contributed by atoms with Crippen molar-refractivity contribution in [1.29, 1.82) is 0 Å². The van der Waals surface area contributed by atoms with E-state index in [-0.39, 0.29) is 0 Å². The molecule has 0 unspecified atom stereocenters. The van der Waals surface area contributed by atoms with E-state index in [0.29, 0.717) is 23.8 Å². The van der Waals surface area contributed by atoms with E-state index in [1.54, 1.807) is 0 Å². The van der Waals surface area contributed by atoms with Gasteiger partial charge in [0, 0.05) is 68.8 Å². The molecule has 1 saturated carbocycles. The Morgan fingerprint density at radius 3 is 2.53 bits per heavy atom. The summed E-state index contributed by atoms with van der Waals surface area (Å²) in [6, 6.07) is 9.30. The molecule has 7 heteroatoms. The van der Waals surface area contributed by atoms with Crippen LogP contribution in [0.15, 0.2) is 42.9 Å². The molecule has 0 bridgehead atoms. The Morgan fingerprint density at radius 2 is 1.85 bits per heavy atom. The van der Waals surface area contributed by atoms with Crippen LogP contribution >= 0.6 is 0 Å². The summed E-state index contributed by atoms with van der Waals surface area (Å²) in [7, 11) is 0. The second-order valence-corrected chi connectivity index (χ2v) is 10.4. The van der Waals surface area contributed by atoms with Crippen molar-refractivity contribution < 1.29 is 4.79 Å². The molecule has 5 heterocycles. The van der Waals surface area contributed by atoms with Crippen LogP contribution in [-0.2, 0) is 4.79 Å². The first kappa shape index (κ1) is 21.6. The number of carbonyl (C=O) groups excluding carboxylic acids is 1. The highest BCUT2D eigenvalue weighted by Gasteiger charge is 2.34. The van der Waals surface area contributed by atoms with E-state index in [2.05, 4.69) is 65.4 Å². The van der Waals surface area contributed by atoms with Crippen molar-refractivity contribution in [2.75, 3.05) is 44.2 Å². The predicted molar refractivity (Wildman–Crippen MR) is 134 cm³/mol. The number of rotatable bonds is 5. The van der Waals surface area contributed by atoms with Gasteiger partial charge >= 0.3 is 0 Å². The first-order valence-electron chi connectivity index (χ1n) is 12.8. The SMILES string of the molecule is CC(C)N1CC[C@@H](c2ccc(-c3cc4c(N5CCN(C(=O)C6CC6)CC5)ccnn4c3)nc2)C1. The Balaban J connectivity index is 1.19. The molecule has 3 fully saturated rings. The second kappa shape index (κ2) is 8.69. The largest absolute Gasteiger partial charge is 0.366 e. The van der Waals surface area contributed by atoms with Crippen LogP contribution in [0.4, 0.5) is 5.69 Å². The lowest BCUT2D eigenvalue weighted by molar-refractivity contribution is -0.132. The Labute approximate surface area is 201 Å². The summed E-state index contributed by atoms with van der Waals surface area (Å²) < 4.78 is 1.96. The summed E-state index contributed by atoms with van der Waals surface area (Å²) in [5.74, 6) is 1.23. The van der Waals surface area contributed by atoms with Crippen LogP contribution in [0.25, 0.3) is 16.8 Å². The number of amides is 1. The number of hydrogen-bond acceptors (Lipinski definition) is 5. The molecule has 7 nitrogen and oxygen atoms in total. The number of likely N-dealkylation sites (tertiary alicyclic amines) is 1. The lowest BCUT2D eigenvalue weighted by Crippen LogP contribution is -2.49. The quantitative estimate of drug-likeness (QED) is 0.584. The molecule has 0 N–H and O–H groups in total. The first-order chi connectivity index (χ1) is 16.6. The monoisotopic (exact) mass is 458 g/mol. The zero-order valence-corrected chi connectivity index (χ0v) is 20.2. The number of pyridine rings is 1. The van der Waals surface area contributed by atoms with Gasteiger partial charge < -0.3 is 14.7 Å². The van der Waals surface area contributed by atoms with Gasteiger partial charge in [-0.15, -0.1) is 0 Å². The van der Waals surface area contributed by atoms with Crippen molar-refractivity contribution in [2.24, 2.45) is 5.92 Å². The number of fused-ring (bicyclic) bond motifs is 1. The molecule has 0 aromatic carbocycles. The van der Waals surface area contributed by atoms with Crippen LogP contribution in [0.2, 0.25) is 0 Å². The molecule has 1 atom stereocenters. The predicted octanol–water partition coefficient (Wildman–Crippen LogP) is 3.65. The summed E-state index contributed by atoms with van der Waals surface area (Å²) >= 11 is 0. The van der Waals surface area contributed by atoms with E-state index in [9.17, 15) is 4.79 Å². The van der Waals surface area contributed by atoms with Crippen molar-refractivity contribution in [3.63, 3.8) is 0 Å². The molecule has 3 aliphatic rings. The van der Waals surface area contributed by atoms with Crippen LogP contribution < -0.4 is 4.90 Å². The minimum Gasteiger partial charge on any atom is -0.366 e. The number of piperazine rings is 1. The van der Waals surface area contributed by atoms with Crippen LogP contribution in [0, 0.1) is 5.92 Å². The average molecular weight is 459 g/mol. The van der Waals surface area contributed by atoms with Gasteiger partial charge in [-0.05, 0) is 69.3 Å². The van der Waals surface area contributed by atoms with E-state index >= 15 is 0 Å². The zero-order valence-electron chi connectivity index (χ0n) is 20.2. The molecular formula is C27H34N6O. The van der Waals surface area contributed by atoms with Crippen molar-refractivity contribution in [1.82, 2.24) is 24.4 Å². The minimum atomic E-state index is 0.300. The van der Waals surface area contributed by atoms with Crippen LogP contribution in [0.1, 0.15) is 44.6 Å². The van der Waals surface area contributed by atoms with Gasteiger partial charge in [0.1, 0.15) is 0 Å². The number of nitrogens with zero attached hydrogens (tertiary/aromatic N) is 6. The topological polar surface area (TPSA) is 57.0 Å². The second-order valence-electron chi connectivity index (χ2n) is 10.4. The van der Waals surface area contributed by atoms with Gasteiger partial charge in [0.2, 0.25) is 5.91 Å². The summed E-state index contributed by atoms with van der Waals surface area (Å²) in [6.45, 7) is 10.2. The van der Waals surface area contributed by atoms with Crippen molar-refractivity contribution >= 4 is 17.1 Å². The fourth-order valence-corrected chi connectivity index (χ4v) is 5.51. The molecule has 178 valence electrons. The van der Waals surface area contributed by atoms with E-state index in [1.807, 2.05) is 15.6 Å². The number of carbonyl (C=O) groups is 1. The number of hydrogen-bond donors (Lipinski definition) is 0. The number of aromatic nitrogens is 3. The van der Waals surface area contributed by atoms with E-state index in [4.69, 9.17) is 4.98 Å². The van der Waals surface area contributed by atoms with Gasteiger partial charge in [0.05, 0.1) is 16.9 Å². The molecule has 2 aliphatic heterocycles. The van der Waals surface area contributed by atoms with Crippen molar-refractivity contribution in [3.8, 4) is 11.3 Å². The minimum absolute atomic E-state index is 0.300. The summed E-state index contributed by atoms with van der Waals surface area (Å²) in [5.41, 5.74) is 5.68. The maximum atomic E-state index is 12.4. The molecule has 2 saturated heterocycles. The summed E-state index contributed by atoms with van der Waals surface area (Å²) in [5, 5.41) is 4.56. The summed E-state index contributed by atoms with van der Waals surface area (Å²) in [6.07, 6.45) is 9.36. The molecular weight excluding hydrogens is 424 g/mol. The Hall–Kier alpha value is -2.93. The van der Waals surface area contributed by atoms with Crippen LogP contribution in [-0.4, -0.2) is 75.6 Å². The van der Waals surface area contributed by atoms with Gasteiger partial charge in [0.15, 0.2) is 0 Å². The Kier molecular flexibility index (Phi) is 5.52. The Morgan fingerprint density at radius 1 is 1.03 bits per heavy atom. The van der Waals surface area contributed by atoms with Gasteiger partial charge in [0.25, 0.3) is 0 Å². The Bertz CT molecular complexity index is 1170. The van der Waals surface area contributed by atoms with Gasteiger partial charge in [-0.3, -0.25) is 9.78 Å². The third-order valence-corrected chi connectivity index (χ3v) is 7.85. The maximum Gasteiger partial charge on any atom is 0.225 e. The lowest BCUT2D eigenvalue weighted by Gasteiger charge is -2.36. The molecule has 6 rings (SSSR count). The maximum absolute atomic E-state index is 12.4. The molecule has 1 aliphatic carbocycles. The third kappa shape index (κ3) is 4.06. The number of anilines is 1. The van der Waals surface area contributed by atoms with Gasteiger partial charge in [-0.1, -0.05) is 6.07 Å². The fourth-order valence-electron chi connectivity index (χ4n) is 5.51. The lowest BCUT2D eigenvalue weighted by atomic mass is 9.99. The molecule has 3 aromatic rings. The van der Waals surface area contributed by atoms with Crippen LogP contribution in [0.5, 0.6) is 0 Å². The molecule has 34 heavy (non-hydrogen) atoms. The first-order valence-corrected chi connectivity index (χ1v) is 12.8. The third-order valence-electron chi connectivity index (χ3n) is 7.85. The molecule has 0 spiro atoms. The zero-order chi connectivity index (χ0) is 23.2. The average Bonchev–Trinajstić information content (AvgIpc) is 3.42. The summed E-state index contributed by atoms with van der Waals surface area (Å²) in [4.78, 5) is 24.2. The van der Waals surface area contributed by atoms with Gasteiger partial charge in [-0.25, -0.2) is 4.52 Å². The molecule has 3 aromatic heterocycles. The normalized spacial score (nSPS) is 21.7. The highest BCUT2D eigenvalue weighted by atomic mass is 16.2. The van der Waals surface area contributed by atoms with Crippen molar-refractivity contribution in [3.05, 3.63) is 48.4 Å². The van der Waals surface area contributed by atoms with Crippen LogP contribution in [0.3, 0.4) is 0 Å². The molecule has 0 radical (unpaired) electrons.